The molecule has 0 aliphatic carbocycles. The average Bonchev–Trinajstić information content (AvgIpc) is 2.97. The minimum atomic E-state index is 0. The number of hydrogen-bond donors (Lipinski definition) is 1. The molecule has 0 spiro atoms. The number of ether oxygens (including phenoxy) is 1. The van der Waals surface area contributed by atoms with Crippen LogP contribution in [0, 0.1) is 11.8 Å². The normalized spacial score (nSPS) is 17.6. The van der Waals surface area contributed by atoms with Crippen molar-refractivity contribution in [1.29, 1.82) is 0 Å². The van der Waals surface area contributed by atoms with Gasteiger partial charge in [-0.15, -0.1) is 24.0 Å². The largest absolute Gasteiger partial charge is 0.382 e. The van der Waals surface area contributed by atoms with E-state index in [1.54, 1.807) is 19.0 Å². The molecule has 0 aromatic carbocycles. The second kappa shape index (κ2) is 13.6. The summed E-state index contributed by atoms with van der Waals surface area (Å²) in [5.41, 5.74) is 0. The minimum Gasteiger partial charge on any atom is -0.382 e. The summed E-state index contributed by atoms with van der Waals surface area (Å²) in [5, 5.41) is 3.41. The molecule has 1 aliphatic heterocycles. The Bertz CT molecular complexity index is 403. The van der Waals surface area contributed by atoms with Gasteiger partial charge in [-0.25, -0.2) is 4.99 Å². The second-order valence-corrected chi connectivity index (χ2v) is 7.14. The molecule has 6 nitrogen and oxygen atoms in total. The van der Waals surface area contributed by atoms with Gasteiger partial charge in [-0.2, -0.15) is 0 Å². The maximum absolute atomic E-state index is 11.8. The van der Waals surface area contributed by atoms with E-state index in [9.17, 15) is 4.79 Å². The van der Waals surface area contributed by atoms with Crippen LogP contribution in [0.5, 0.6) is 0 Å². The summed E-state index contributed by atoms with van der Waals surface area (Å²) >= 11 is 0. The Morgan fingerprint density at radius 1 is 1.40 bits per heavy atom. The molecule has 0 aromatic heterocycles. The number of halogens is 1. The number of amides is 1. The number of likely N-dealkylation sites (N-methyl/N-ethyl adjacent to an activating group) is 1. The van der Waals surface area contributed by atoms with E-state index in [2.05, 4.69) is 29.1 Å². The molecule has 1 amide bonds. The zero-order chi connectivity index (χ0) is 17.9. The molecule has 1 atom stereocenters. The van der Waals surface area contributed by atoms with Crippen LogP contribution < -0.4 is 5.32 Å². The Morgan fingerprint density at radius 3 is 2.72 bits per heavy atom. The number of nitrogens with one attached hydrogen (secondary N) is 1. The van der Waals surface area contributed by atoms with Crippen LogP contribution in [-0.2, 0) is 9.53 Å². The monoisotopic (exact) mass is 468 g/mol. The van der Waals surface area contributed by atoms with Gasteiger partial charge in [0.05, 0.1) is 0 Å². The van der Waals surface area contributed by atoms with Crippen molar-refractivity contribution >= 4 is 35.8 Å². The molecule has 1 heterocycles. The van der Waals surface area contributed by atoms with E-state index in [-0.39, 0.29) is 36.4 Å². The number of rotatable bonds is 9. The van der Waals surface area contributed by atoms with E-state index in [0.717, 1.165) is 57.1 Å². The lowest BCUT2D eigenvalue weighted by Crippen LogP contribution is -2.41. The molecule has 1 fully saturated rings. The highest BCUT2D eigenvalue weighted by Crippen LogP contribution is 2.23. The number of aliphatic imine (C=N–C) groups is 1. The van der Waals surface area contributed by atoms with E-state index < -0.39 is 0 Å². The van der Waals surface area contributed by atoms with Gasteiger partial charge in [-0.3, -0.25) is 4.79 Å². The molecule has 25 heavy (non-hydrogen) atoms. The highest BCUT2D eigenvalue weighted by molar-refractivity contribution is 14.0. The van der Waals surface area contributed by atoms with Gasteiger partial charge in [0.25, 0.3) is 0 Å². The maximum atomic E-state index is 11.8. The fourth-order valence-electron chi connectivity index (χ4n) is 2.95. The number of carbonyl (C=O) groups is 1. The van der Waals surface area contributed by atoms with E-state index in [4.69, 9.17) is 4.74 Å². The second-order valence-electron chi connectivity index (χ2n) is 7.14. The van der Waals surface area contributed by atoms with Crippen LogP contribution in [0.4, 0.5) is 0 Å². The van der Waals surface area contributed by atoms with E-state index >= 15 is 0 Å². The highest BCUT2D eigenvalue weighted by Gasteiger charge is 2.25. The summed E-state index contributed by atoms with van der Waals surface area (Å²) in [6, 6.07) is 0. The first-order valence-corrected chi connectivity index (χ1v) is 9.25. The van der Waals surface area contributed by atoms with E-state index in [1.165, 1.54) is 12.8 Å². The Kier molecular flexibility index (Phi) is 13.3. The maximum Gasteiger partial charge on any atom is 0.243 e. The molecule has 0 saturated carbocycles. The Hall–Kier alpha value is -0.570. The lowest BCUT2D eigenvalue weighted by atomic mass is 9.97. The summed E-state index contributed by atoms with van der Waals surface area (Å²) in [6.45, 7) is 11.1. The van der Waals surface area contributed by atoms with Crippen LogP contribution in [0.15, 0.2) is 4.99 Å². The molecule has 148 valence electrons. The van der Waals surface area contributed by atoms with Gasteiger partial charge < -0.3 is 19.9 Å². The quantitative estimate of drug-likeness (QED) is 0.245. The van der Waals surface area contributed by atoms with E-state index in [0.29, 0.717) is 0 Å². The lowest BCUT2D eigenvalue weighted by molar-refractivity contribution is -0.127. The molecule has 1 aliphatic rings. The molecule has 1 unspecified atom stereocenters. The van der Waals surface area contributed by atoms with Gasteiger partial charge in [-0.1, -0.05) is 13.8 Å². The molecule has 0 bridgehead atoms. The van der Waals surface area contributed by atoms with Crippen molar-refractivity contribution < 1.29 is 9.53 Å². The van der Waals surface area contributed by atoms with Crippen molar-refractivity contribution in [2.24, 2.45) is 16.8 Å². The predicted molar refractivity (Wildman–Crippen MR) is 115 cm³/mol. The molecule has 0 aromatic rings. The van der Waals surface area contributed by atoms with Crippen molar-refractivity contribution in [2.75, 3.05) is 53.5 Å². The lowest BCUT2D eigenvalue weighted by Gasteiger charge is -2.23. The number of guanidine groups is 1. The van der Waals surface area contributed by atoms with Gasteiger partial charge in [0.2, 0.25) is 5.91 Å². The highest BCUT2D eigenvalue weighted by atomic mass is 127. The third-order valence-electron chi connectivity index (χ3n) is 4.21. The van der Waals surface area contributed by atoms with Crippen molar-refractivity contribution in [3.8, 4) is 0 Å². The van der Waals surface area contributed by atoms with Crippen LogP contribution in [-0.4, -0.2) is 75.2 Å². The summed E-state index contributed by atoms with van der Waals surface area (Å²) < 4.78 is 5.38. The fourth-order valence-corrected chi connectivity index (χ4v) is 2.95. The zero-order valence-electron chi connectivity index (χ0n) is 16.6. The molecule has 1 saturated heterocycles. The van der Waals surface area contributed by atoms with Crippen LogP contribution in [0.1, 0.15) is 40.0 Å². The Labute approximate surface area is 170 Å². The standard InChI is InChI=1S/C18H36N4O2.HI/c1-6-24-11-7-9-19-18(20-13-17(23)21(4)5)22-10-8-16(14-22)12-15(2)3;/h15-16H,6-14H2,1-5H3,(H,19,20);1H. The van der Waals surface area contributed by atoms with Crippen LogP contribution >= 0.6 is 24.0 Å². The number of hydrogen-bond acceptors (Lipinski definition) is 3. The van der Waals surface area contributed by atoms with Crippen molar-refractivity contribution in [1.82, 2.24) is 15.1 Å². The third kappa shape index (κ3) is 10.2. The first kappa shape index (κ1) is 24.4. The molecule has 1 N–H and O–H groups in total. The molecular formula is C18H37IN4O2. The van der Waals surface area contributed by atoms with Crippen LogP contribution in [0.2, 0.25) is 0 Å². The molecule has 7 heteroatoms. The fraction of sp³-hybridized carbons (Fsp3) is 0.889. The SMILES string of the molecule is CCOCCCNC(=NCC(=O)N(C)C)N1CCC(CC(C)C)C1.I. The Morgan fingerprint density at radius 2 is 2.12 bits per heavy atom. The van der Waals surface area contributed by atoms with Crippen LogP contribution in [0.3, 0.4) is 0 Å². The topological polar surface area (TPSA) is 57.2 Å². The molecule has 0 radical (unpaired) electrons. The molecule has 1 rings (SSSR count). The third-order valence-corrected chi connectivity index (χ3v) is 4.21. The summed E-state index contributed by atoms with van der Waals surface area (Å²) in [4.78, 5) is 20.3. The first-order valence-electron chi connectivity index (χ1n) is 9.25. The van der Waals surface area contributed by atoms with Gasteiger partial charge in [0.1, 0.15) is 6.54 Å². The summed E-state index contributed by atoms with van der Waals surface area (Å²) in [7, 11) is 3.53. The summed E-state index contributed by atoms with van der Waals surface area (Å²) in [5.74, 6) is 2.35. The zero-order valence-corrected chi connectivity index (χ0v) is 18.9. The van der Waals surface area contributed by atoms with Crippen molar-refractivity contribution in [3.05, 3.63) is 0 Å². The number of nitrogens with zero attached hydrogens (tertiary/aromatic N) is 3. The average molecular weight is 468 g/mol. The number of carbonyl (C=O) groups excluding carboxylic acids is 1. The van der Waals surface area contributed by atoms with Gasteiger partial charge in [0.15, 0.2) is 5.96 Å². The van der Waals surface area contributed by atoms with Crippen molar-refractivity contribution in [3.63, 3.8) is 0 Å². The van der Waals surface area contributed by atoms with Gasteiger partial charge in [-0.05, 0) is 38.0 Å². The Balaban J connectivity index is 0.00000576. The first-order chi connectivity index (χ1) is 11.4. The van der Waals surface area contributed by atoms with E-state index in [1.807, 2.05) is 6.92 Å². The van der Waals surface area contributed by atoms with Gasteiger partial charge >= 0.3 is 0 Å². The smallest absolute Gasteiger partial charge is 0.243 e. The van der Waals surface area contributed by atoms with Gasteiger partial charge in [0, 0.05) is 46.9 Å². The van der Waals surface area contributed by atoms with Crippen LogP contribution in [0.25, 0.3) is 0 Å². The predicted octanol–water partition coefficient (Wildman–Crippen LogP) is 2.43. The number of likely N-dealkylation sites (tertiary alicyclic amines) is 1. The summed E-state index contributed by atoms with van der Waals surface area (Å²) in [6.07, 6.45) is 3.40. The molecular weight excluding hydrogens is 431 g/mol. The van der Waals surface area contributed by atoms with Crippen molar-refractivity contribution in [2.45, 2.75) is 40.0 Å². The minimum absolute atomic E-state index is 0.